The van der Waals surface area contributed by atoms with Crippen molar-refractivity contribution in [2.45, 2.75) is 25.4 Å². The molecule has 8 heteroatoms. The van der Waals surface area contributed by atoms with E-state index in [2.05, 4.69) is 5.32 Å². The molecule has 0 unspecified atom stereocenters. The van der Waals surface area contributed by atoms with Crippen LogP contribution in [-0.4, -0.2) is 51.6 Å². The van der Waals surface area contributed by atoms with Crippen molar-refractivity contribution in [1.82, 2.24) is 0 Å². The number of carbonyl (C=O) groups is 2. The Morgan fingerprint density at radius 3 is 2.19 bits per heavy atom. The van der Waals surface area contributed by atoms with Gasteiger partial charge in [-0.25, -0.2) is 0 Å². The lowest BCUT2D eigenvalue weighted by Gasteiger charge is -2.36. The fraction of sp³-hybridized carbons (Fsp3) is 0.231. The Bertz CT molecular complexity index is 1790. The van der Waals surface area contributed by atoms with Gasteiger partial charge >= 0.3 is 0 Å². The second-order valence-electron chi connectivity index (χ2n) is 12.1. The van der Waals surface area contributed by atoms with Gasteiger partial charge in [0.25, 0.3) is 0 Å². The minimum Gasteiger partial charge on any atom is -0.508 e. The van der Waals surface area contributed by atoms with Crippen LogP contribution >= 0.6 is 0 Å². The summed E-state index contributed by atoms with van der Waals surface area (Å²) in [5.41, 5.74) is 5.76. The number of anilines is 3. The Morgan fingerprint density at radius 2 is 1.53 bits per heavy atom. The number of para-hydroxylation sites is 1. The molecule has 4 atom stereocenters. The van der Waals surface area contributed by atoms with Gasteiger partial charge in [0.15, 0.2) is 0 Å². The van der Waals surface area contributed by atoms with E-state index in [1.165, 1.54) is 4.90 Å². The fourth-order valence-corrected chi connectivity index (χ4v) is 6.96. The van der Waals surface area contributed by atoms with Gasteiger partial charge in [0.1, 0.15) is 5.75 Å². The number of aliphatic hydroxyl groups excluding tert-OH is 3. The van der Waals surface area contributed by atoms with Gasteiger partial charge in [-0.15, -0.1) is 0 Å². The van der Waals surface area contributed by atoms with Crippen LogP contribution in [0, 0.1) is 17.8 Å². The third-order valence-corrected chi connectivity index (χ3v) is 9.16. The van der Waals surface area contributed by atoms with Crippen molar-refractivity contribution >= 4 is 40.5 Å². The van der Waals surface area contributed by atoms with E-state index in [0.717, 1.165) is 28.1 Å². The summed E-state index contributed by atoms with van der Waals surface area (Å²) < 4.78 is 0. The lowest BCUT2D eigenvalue weighted by Crippen LogP contribution is -2.39. The summed E-state index contributed by atoms with van der Waals surface area (Å²) in [6.45, 7) is -0.841. The highest BCUT2D eigenvalue weighted by molar-refractivity contribution is 6.22. The van der Waals surface area contributed by atoms with Crippen LogP contribution in [0.25, 0.3) is 11.6 Å². The highest BCUT2D eigenvalue weighted by Gasteiger charge is 2.55. The zero-order chi connectivity index (χ0) is 32.9. The number of aliphatic hydroxyl groups is 3. The zero-order valence-corrected chi connectivity index (χ0v) is 25.9. The molecule has 1 aliphatic heterocycles. The molecule has 2 amide bonds. The first kappa shape index (κ1) is 31.9. The monoisotopic (exact) mass is 630 g/mol. The number of imide groups is 1. The number of phenolic OH excluding ortho intramolecular Hbond substituents is 1. The first-order chi connectivity index (χ1) is 22.9. The van der Waals surface area contributed by atoms with Crippen LogP contribution in [0.5, 0.6) is 5.75 Å². The summed E-state index contributed by atoms with van der Waals surface area (Å²) in [6, 6.07) is 33.3. The molecule has 0 spiro atoms. The maximum Gasteiger partial charge on any atom is 0.238 e. The molecule has 2 aliphatic rings. The molecular weight excluding hydrogens is 592 g/mol. The molecule has 0 aromatic heterocycles. The van der Waals surface area contributed by atoms with Gasteiger partial charge in [-0.3, -0.25) is 14.5 Å². The highest BCUT2D eigenvalue weighted by Crippen LogP contribution is 2.47. The predicted octanol–water partition coefficient (Wildman–Crippen LogP) is 5.92. The Hall–Kier alpha value is -5.02. The number of aromatic hydroxyl groups is 1. The summed E-state index contributed by atoms with van der Waals surface area (Å²) in [6.07, 6.45) is 1.72. The van der Waals surface area contributed by atoms with Crippen molar-refractivity contribution < 1.29 is 30.0 Å². The van der Waals surface area contributed by atoms with Gasteiger partial charge in [0.05, 0.1) is 36.8 Å². The van der Waals surface area contributed by atoms with E-state index in [1.807, 2.05) is 72.8 Å². The molecular formula is C39H38N2O6. The lowest BCUT2D eigenvalue weighted by atomic mass is 9.68. The maximum absolute atomic E-state index is 13.9. The Morgan fingerprint density at radius 1 is 0.851 bits per heavy atom. The van der Waals surface area contributed by atoms with Crippen molar-refractivity contribution in [2.24, 2.45) is 17.8 Å². The van der Waals surface area contributed by atoms with Gasteiger partial charge < -0.3 is 25.7 Å². The van der Waals surface area contributed by atoms with Crippen molar-refractivity contribution in [3.8, 4) is 5.75 Å². The third-order valence-electron chi connectivity index (χ3n) is 9.16. The molecule has 6 rings (SSSR count). The first-order valence-electron chi connectivity index (χ1n) is 15.8. The number of amides is 2. The Kier molecular flexibility index (Phi) is 9.63. The van der Waals surface area contributed by atoms with Crippen molar-refractivity contribution in [2.75, 3.05) is 23.4 Å². The minimum atomic E-state index is -1.06. The number of phenols is 1. The van der Waals surface area contributed by atoms with Crippen LogP contribution in [-0.2, 0) is 9.59 Å². The molecule has 5 N–H and O–H groups in total. The largest absolute Gasteiger partial charge is 0.508 e. The van der Waals surface area contributed by atoms with Crippen LogP contribution in [0.15, 0.2) is 120 Å². The predicted molar refractivity (Wildman–Crippen MR) is 183 cm³/mol. The molecule has 0 bridgehead atoms. The van der Waals surface area contributed by atoms with Crippen LogP contribution in [0.3, 0.4) is 0 Å². The Balaban J connectivity index is 1.23. The number of carbonyl (C=O) groups excluding carboxylic acids is 2. The van der Waals surface area contributed by atoms with Gasteiger partial charge in [0.2, 0.25) is 11.8 Å². The number of nitrogens with one attached hydrogen (secondary N) is 1. The smallest absolute Gasteiger partial charge is 0.238 e. The maximum atomic E-state index is 13.9. The van der Waals surface area contributed by atoms with Crippen LogP contribution in [0.2, 0.25) is 0 Å². The normalized spacial score (nSPS) is 20.4. The molecule has 1 saturated heterocycles. The van der Waals surface area contributed by atoms with Gasteiger partial charge in [-0.05, 0) is 95.6 Å². The van der Waals surface area contributed by atoms with E-state index in [4.69, 9.17) is 0 Å². The van der Waals surface area contributed by atoms with Gasteiger partial charge in [0, 0.05) is 17.3 Å². The molecule has 0 radical (unpaired) electrons. The second kappa shape index (κ2) is 14.2. The van der Waals surface area contributed by atoms with E-state index in [0.29, 0.717) is 23.3 Å². The van der Waals surface area contributed by atoms with Gasteiger partial charge in [-0.2, -0.15) is 0 Å². The molecule has 47 heavy (non-hydrogen) atoms. The minimum absolute atomic E-state index is 0.128. The Labute approximate surface area is 273 Å². The first-order valence-corrected chi connectivity index (χ1v) is 15.8. The van der Waals surface area contributed by atoms with E-state index in [9.17, 15) is 30.0 Å². The molecule has 240 valence electrons. The molecule has 4 aromatic rings. The molecule has 1 fully saturated rings. The highest BCUT2D eigenvalue weighted by atomic mass is 16.3. The summed E-state index contributed by atoms with van der Waals surface area (Å²) >= 11 is 0. The number of hydrogen-bond donors (Lipinski definition) is 5. The second-order valence-corrected chi connectivity index (χ2v) is 12.1. The third kappa shape index (κ3) is 6.76. The SMILES string of the molecule is O=C1[C@@H]2[C@@H](CC(CO)=C([C@H](O)CC/C(=C/c3cccc(O)c3)c3ccccc3)[C@@H]2CO)C(=O)N1c1ccc(Nc2ccccc2)cc1. The summed E-state index contributed by atoms with van der Waals surface area (Å²) in [7, 11) is 0. The average Bonchev–Trinajstić information content (AvgIpc) is 3.35. The number of benzene rings is 4. The van der Waals surface area contributed by atoms with E-state index in [1.54, 1.807) is 42.5 Å². The zero-order valence-electron chi connectivity index (χ0n) is 25.9. The topological polar surface area (TPSA) is 130 Å². The molecule has 0 saturated carbocycles. The number of hydrogen-bond acceptors (Lipinski definition) is 7. The summed E-state index contributed by atoms with van der Waals surface area (Å²) in [5.74, 6) is -3.06. The standard InChI is InChI=1S/C39H38N2O6/c42-23-28-22-33-37(39(47)41(38(33)46)31-17-15-30(16-18-31)40-29-11-5-2-6-12-29)34(24-43)36(28)35(45)19-14-27(26-9-3-1-4-10-26)20-25-8-7-13-32(44)21-25/h1-13,15-18,20-21,33-35,37,40,42-45H,14,19,22-24H2/b27-20-/t33-,34+,35-,37-/m1/s1. The van der Waals surface area contributed by atoms with Crippen LogP contribution in [0.1, 0.15) is 30.4 Å². The van der Waals surface area contributed by atoms with Crippen LogP contribution in [0.4, 0.5) is 17.1 Å². The van der Waals surface area contributed by atoms with E-state index < -0.39 is 43.0 Å². The van der Waals surface area contributed by atoms with E-state index >= 15 is 0 Å². The van der Waals surface area contributed by atoms with Crippen molar-refractivity contribution in [1.29, 1.82) is 0 Å². The number of rotatable bonds is 11. The van der Waals surface area contributed by atoms with Crippen molar-refractivity contribution in [3.63, 3.8) is 0 Å². The number of allylic oxidation sites excluding steroid dienone is 1. The average molecular weight is 631 g/mol. The summed E-state index contributed by atoms with van der Waals surface area (Å²) in [4.78, 5) is 28.8. The van der Waals surface area contributed by atoms with Crippen molar-refractivity contribution in [3.05, 3.63) is 131 Å². The molecule has 4 aromatic carbocycles. The number of fused-ring (bicyclic) bond motifs is 1. The summed E-state index contributed by atoms with van der Waals surface area (Å²) in [5, 5.41) is 45.9. The van der Waals surface area contributed by atoms with Gasteiger partial charge in [-0.1, -0.05) is 66.7 Å². The quantitative estimate of drug-likeness (QED) is 0.0790. The van der Waals surface area contributed by atoms with E-state index in [-0.39, 0.29) is 24.5 Å². The number of nitrogens with zero attached hydrogens (tertiary/aromatic N) is 1. The molecule has 8 nitrogen and oxygen atoms in total. The molecule has 1 heterocycles. The van der Waals surface area contributed by atoms with Crippen LogP contribution < -0.4 is 10.2 Å². The fourth-order valence-electron chi connectivity index (χ4n) is 6.96. The molecule has 1 aliphatic carbocycles. The lowest BCUT2D eigenvalue weighted by molar-refractivity contribution is -0.123.